The van der Waals surface area contributed by atoms with Gasteiger partial charge >= 0.3 is 5.97 Å². The van der Waals surface area contributed by atoms with Crippen LogP contribution in [0.15, 0.2) is 30.5 Å². The van der Waals surface area contributed by atoms with Gasteiger partial charge in [0.15, 0.2) is 0 Å². The fourth-order valence-corrected chi connectivity index (χ4v) is 2.37. The highest BCUT2D eigenvalue weighted by Crippen LogP contribution is 2.15. The Morgan fingerprint density at radius 1 is 1.33 bits per heavy atom. The van der Waals surface area contributed by atoms with Crippen molar-refractivity contribution in [3.8, 4) is 5.69 Å². The van der Waals surface area contributed by atoms with Gasteiger partial charge in [0.25, 0.3) is 5.91 Å². The number of carbonyl (C=O) groups is 2. The summed E-state index contributed by atoms with van der Waals surface area (Å²) in [5, 5.41) is 16.1. The Bertz CT molecular complexity index is 722. The van der Waals surface area contributed by atoms with Crippen LogP contribution < -0.4 is 5.32 Å². The van der Waals surface area contributed by atoms with E-state index >= 15 is 0 Å². The van der Waals surface area contributed by atoms with Crippen LogP contribution in [0.5, 0.6) is 0 Å². The zero-order valence-electron chi connectivity index (χ0n) is 13.9. The maximum Gasteiger partial charge on any atom is 0.339 e. The summed E-state index contributed by atoms with van der Waals surface area (Å²) in [6.45, 7) is 4.13. The first kappa shape index (κ1) is 17.7. The Kier molecular flexibility index (Phi) is 5.70. The molecule has 1 atom stereocenters. The van der Waals surface area contributed by atoms with Gasteiger partial charge in [-0.3, -0.25) is 4.79 Å². The van der Waals surface area contributed by atoms with Crippen molar-refractivity contribution in [2.45, 2.75) is 26.3 Å². The number of rotatable bonds is 7. The first-order chi connectivity index (χ1) is 11.5. The highest BCUT2D eigenvalue weighted by Gasteiger charge is 2.15. The molecule has 0 spiro atoms. The van der Waals surface area contributed by atoms with Crippen molar-refractivity contribution < 1.29 is 19.4 Å². The number of aromatic nitrogens is 2. The summed E-state index contributed by atoms with van der Waals surface area (Å²) in [4.78, 5) is 23.3. The largest absolute Gasteiger partial charge is 0.478 e. The monoisotopic (exact) mass is 331 g/mol. The van der Waals surface area contributed by atoms with Crippen molar-refractivity contribution in [2.75, 3.05) is 13.7 Å². The third-order valence-corrected chi connectivity index (χ3v) is 3.81. The average Bonchev–Trinajstić information content (AvgIpc) is 2.96. The maximum atomic E-state index is 12.2. The number of carboxylic acid groups (broad SMARTS) is 1. The second kappa shape index (κ2) is 7.74. The standard InChI is InChI=1S/C17H21N3O4/c1-4-13(10-24-3)19-16(21)12-5-7-14(8-6-12)20-11(2)15(9-18-20)17(22)23/h5-9,13H,4,10H2,1-3H3,(H,19,21)(H,22,23). The fraction of sp³-hybridized carbons (Fsp3) is 0.353. The number of nitrogens with zero attached hydrogens (tertiary/aromatic N) is 2. The van der Waals surface area contributed by atoms with Gasteiger partial charge in [0.05, 0.1) is 30.2 Å². The lowest BCUT2D eigenvalue weighted by Gasteiger charge is -2.16. The Labute approximate surface area is 140 Å². The summed E-state index contributed by atoms with van der Waals surface area (Å²) < 4.78 is 6.60. The van der Waals surface area contributed by atoms with E-state index in [1.165, 1.54) is 10.9 Å². The van der Waals surface area contributed by atoms with Crippen LogP contribution >= 0.6 is 0 Å². The molecule has 0 radical (unpaired) electrons. The molecular weight excluding hydrogens is 310 g/mol. The molecule has 0 aliphatic carbocycles. The van der Waals surface area contributed by atoms with Crippen LogP contribution in [-0.2, 0) is 4.74 Å². The Balaban J connectivity index is 2.16. The predicted molar refractivity (Wildman–Crippen MR) is 88.7 cm³/mol. The maximum absolute atomic E-state index is 12.2. The minimum absolute atomic E-state index is 0.0336. The predicted octanol–water partition coefficient (Wildman–Crippen LogP) is 2.03. The van der Waals surface area contributed by atoms with Crippen LogP contribution in [0, 0.1) is 6.92 Å². The van der Waals surface area contributed by atoms with E-state index in [1.54, 1.807) is 38.3 Å². The van der Waals surface area contributed by atoms with Crippen molar-refractivity contribution in [2.24, 2.45) is 0 Å². The molecular formula is C17H21N3O4. The van der Waals surface area contributed by atoms with Gasteiger partial charge in [-0.05, 0) is 37.6 Å². The smallest absolute Gasteiger partial charge is 0.339 e. The fourth-order valence-electron chi connectivity index (χ4n) is 2.37. The number of hydrogen-bond donors (Lipinski definition) is 2. The SMILES string of the molecule is CCC(COC)NC(=O)c1ccc(-n2ncc(C(=O)O)c2C)cc1. The van der Waals surface area contributed by atoms with Crippen LogP contribution in [0.2, 0.25) is 0 Å². The quantitative estimate of drug-likeness (QED) is 0.810. The van der Waals surface area contributed by atoms with Gasteiger partial charge in [0, 0.05) is 12.7 Å². The number of nitrogens with one attached hydrogen (secondary N) is 1. The van der Waals surface area contributed by atoms with Crippen LogP contribution in [0.4, 0.5) is 0 Å². The van der Waals surface area contributed by atoms with E-state index in [2.05, 4.69) is 10.4 Å². The lowest BCUT2D eigenvalue weighted by atomic mass is 10.1. The average molecular weight is 331 g/mol. The molecule has 0 fully saturated rings. The van der Waals surface area contributed by atoms with E-state index in [0.29, 0.717) is 23.6 Å². The van der Waals surface area contributed by atoms with Gasteiger partial charge in [-0.15, -0.1) is 0 Å². The van der Waals surface area contributed by atoms with Gasteiger partial charge < -0.3 is 15.2 Å². The van der Waals surface area contributed by atoms with Crippen molar-refractivity contribution in [1.29, 1.82) is 0 Å². The molecule has 0 aliphatic heterocycles. The van der Waals surface area contributed by atoms with E-state index in [4.69, 9.17) is 9.84 Å². The highest BCUT2D eigenvalue weighted by atomic mass is 16.5. The zero-order chi connectivity index (χ0) is 17.7. The zero-order valence-corrected chi connectivity index (χ0v) is 13.9. The molecule has 0 bridgehead atoms. The van der Waals surface area contributed by atoms with E-state index in [9.17, 15) is 9.59 Å². The van der Waals surface area contributed by atoms with Crippen LogP contribution in [-0.4, -0.2) is 46.5 Å². The summed E-state index contributed by atoms with van der Waals surface area (Å²) in [6.07, 6.45) is 2.09. The van der Waals surface area contributed by atoms with Crippen molar-refractivity contribution in [3.05, 3.63) is 47.3 Å². The van der Waals surface area contributed by atoms with Crippen molar-refractivity contribution >= 4 is 11.9 Å². The number of amides is 1. The van der Waals surface area contributed by atoms with Crippen molar-refractivity contribution in [3.63, 3.8) is 0 Å². The summed E-state index contributed by atoms with van der Waals surface area (Å²) in [5.41, 5.74) is 1.91. The summed E-state index contributed by atoms with van der Waals surface area (Å²) in [6, 6.07) is 6.81. The number of hydrogen-bond acceptors (Lipinski definition) is 4. The highest BCUT2D eigenvalue weighted by molar-refractivity contribution is 5.94. The van der Waals surface area contributed by atoms with Gasteiger partial charge in [-0.25, -0.2) is 9.48 Å². The number of aromatic carboxylic acids is 1. The lowest BCUT2D eigenvalue weighted by Crippen LogP contribution is -2.37. The van der Waals surface area contributed by atoms with E-state index < -0.39 is 5.97 Å². The summed E-state index contributed by atoms with van der Waals surface area (Å²) in [7, 11) is 1.60. The third kappa shape index (κ3) is 3.80. The molecule has 7 heteroatoms. The number of carboxylic acids is 1. The van der Waals surface area contributed by atoms with Gasteiger partial charge in [0.1, 0.15) is 5.56 Å². The first-order valence-electron chi connectivity index (χ1n) is 7.66. The molecule has 1 unspecified atom stereocenters. The van der Waals surface area contributed by atoms with Crippen molar-refractivity contribution in [1.82, 2.24) is 15.1 Å². The Morgan fingerprint density at radius 2 is 2.00 bits per heavy atom. The Morgan fingerprint density at radius 3 is 2.50 bits per heavy atom. The number of carbonyl (C=O) groups excluding carboxylic acids is 1. The minimum atomic E-state index is -1.02. The first-order valence-corrected chi connectivity index (χ1v) is 7.66. The Hall–Kier alpha value is -2.67. The molecule has 1 heterocycles. The molecule has 7 nitrogen and oxygen atoms in total. The number of methoxy groups -OCH3 is 1. The van der Waals surface area contributed by atoms with E-state index in [0.717, 1.165) is 6.42 Å². The molecule has 0 saturated carbocycles. The molecule has 128 valence electrons. The number of ether oxygens (including phenoxy) is 1. The van der Waals surface area contributed by atoms with Gasteiger partial charge in [-0.1, -0.05) is 6.92 Å². The molecule has 2 aromatic rings. The van der Waals surface area contributed by atoms with E-state index in [1.807, 2.05) is 6.92 Å². The van der Waals surface area contributed by atoms with Gasteiger partial charge in [0.2, 0.25) is 0 Å². The third-order valence-electron chi connectivity index (χ3n) is 3.81. The van der Waals surface area contributed by atoms with E-state index in [-0.39, 0.29) is 17.5 Å². The summed E-state index contributed by atoms with van der Waals surface area (Å²) >= 11 is 0. The normalized spacial score (nSPS) is 12.0. The van der Waals surface area contributed by atoms with Crippen LogP contribution in [0.25, 0.3) is 5.69 Å². The van der Waals surface area contributed by atoms with Crippen LogP contribution in [0.1, 0.15) is 39.8 Å². The molecule has 2 N–H and O–H groups in total. The molecule has 0 aliphatic rings. The second-order valence-corrected chi connectivity index (χ2v) is 5.44. The molecule has 1 amide bonds. The second-order valence-electron chi connectivity index (χ2n) is 5.44. The molecule has 1 aromatic heterocycles. The summed E-state index contributed by atoms with van der Waals surface area (Å²) in [5.74, 6) is -1.19. The lowest BCUT2D eigenvalue weighted by molar-refractivity contribution is 0.0695. The van der Waals surface area contributed by atoms with Gasteiger partial charge in [-0.2, -0.15) is 5.10 Å². The molecule has 1 aromatic carbocycles. The van der Waals surface area contributed by atoms with Crippen LogP contribution in [0.3, 0.4) is 0 Å². The molecule has 0 saturated heterocycles. The number of benzene rings is 1. The molecule has 2 rings (SSSR count). The topological polar surface area (TPSA) is 93.5 Å². The molecule has 24 heavy (non-hydrogen) atoms. The minimum Gasteiger partial charge on any atom is -0.478 e.